The van der Waals surface area contributed by atoms with Crippen molar-refractivity contribution in [3.63, 3.8) is 0 Å². The second-order valence-electron chi connectivity index (χ2n) is 10.7. The van der Waals surface area contributed by atoms with Crippen LogP contribution in [0.3, 0.4) is 0 Å². The third kappa shape index (κ3) is 4.23. The van der Waals surface area contributed by atoms with Gasteiger partial charge in [0.1, 0.15) is 23.3 Å². The highest BCUT2D eigenvalue weighted by Gasteiger charge is 2.71. The SMILES string of the molecule is COC(=O)Cn1nc(C(OC(C)=O)C2(Br)C(=O)N3C(C(=O)O)=C(Cc4ccc([N+](=O)[O-])cc4)S[C@@H]32)c2c1C1CCC2C1. The van der Waals surface area contributed by atoms with Crippen LogP contribution in [0, 0.1) is 10.1 Å². The predicted molar refractivity (Wildman–Crippen MR) is 149 cm³/mol. The number of methoxy groups -OCH3 is 1. The van der Waals surface area contributed by atoms with E-state index >= 15 is 0 Å². The Balaban J connectivity index is 1.37. The number of carbonyl (C=O) groups excluding carboxylic acids is 3. The standard InChI is InChI=1S/C27H25BrN4O9S/c1-12(33)41-23(20-19-14-5-6-15(10-14)21(19)30(29-20)11-18(34)40-2)27(28)25(37)31-22(24(35)36)17(42-26(27)31)9-13-3-7-16(8-4-13)32(38)39/h3-4,7-8,14-15,23,26H,5-6,9-11H2,1-2H3,(H,35,36)/t14?,15?,23?,26-,27?/m1/s1. The number of thioether (sulfide) groups is 1. The van der Waals surface area contributed by atoms with Gasteiger partial charge in [-0.2, -0.15) is 5.10 Å². The molecule has 1 aromatic heterocycles. The number of carboxylic acid groups (broad SMARTS) is 1. The van der Waals surface area contributed by atoms with Crippen molar-refractivity contribution in [3.05, 3.63) is 67.5 Å². The number of carbonyl (C=O) groups is 4. The fourth-order valence-corrected chi connectivity index (χ4v) is 9.07. The molecule has 4 aliphatic rings. The smallest absolute Gasteiger partial charge is 0.353 e. The Bertz CT molecular complexity index is 1590. The van der Waals surface area contributed by atoms with Crippen LogP contribution in [0.25, 0.3) is 0 Å². The Morgan fingerprint density at radius 1 is 1.26 bits per heavy atom. The van der Waals surface area contributed by atoms with Crippen molar-refractivity contribution >= 4 is 57.2 Å². The van der Waals surface area contributed by atoms with Gasteiger partial charge in [0.2, 0.25) is 0 Å². The second-order valence-corrected chi connectivity index (χ2v) is 13.2. The van der Waals surface area contributed by atoms with Crippen LogP contribution in [-0.4, -0.2) is 65.3 Å². The molecule has 2 aromatic rings. The number of aromatic nitrogens is 2. The predicted octanol–water partition coefficient (Wildman–Crippen LogP) is 3.52. The number of aliphatic carboxylic acids is 1. The van der Waals surface area contributed by atoms with E-state index in [1.54, 1.807) is 4.68 Å². The molecule has 1 N–H and O–H groups in total. The first-order valence-corrected chi connectivity index (χ1v) is 14.9. The Labute approximate surface area is 251 Å². The Kier molecular flexibility index (Phi) is 6.91. The van der Waals surface area contributed by atoms with Gasteiger partial charge >= 0.3 is 17.9 Å². The summed E-state index contributed by atoms with van der Waals surface area (Å²) in [6.45, 7) is 1.09. The highest BCUT2D eigenvalue weighted by atomic mass is 79.9. The maximum atomic E-state index is 13.9. The molecule has 13 nitrogen and oxygen atoms in total. The van der Waals surface area contributed by atoms with E-state index in [1.165, 1.54) is 43.2 Å². The van der Waals surface area contributed by atoms with Gasteiger partial charge in [-0.05, 0) is 30.7 Å². The molecule has 2 aliphatic heterocycles. The summed E-state index contributed by atoms with van der Waals surface area (Å²) in [6.07, 6.45) is 1.63. The van der Waals surface area contributed by atoms with Gasteiger partial charge in [0.05, 0.1) is 12.0 Å². The van der Waals surface area contributed by atoms with E-state index in [-0.39, 0.29) is 36.2 Å². The number of hydrogen-bond donors (Lipinski definition) is 1. The lowest BCUT2D eigenvalue weighted by atomic mass is 9.84. The molecule has 2 fully saturated rings. The molecule has 4 unspecified atom stereocenters. The number of nitro benzene ring substituents is 1. The second kappa shape index (κ2) is 10.2. The first-order valence-electron chi connectivity index (χ1n) is 13.2. The molecule has 0 spiro atoms. The molecule has 220 valence electrons. The number of fused-ring (bicyclic) bond motifs is 6. The van der Waals surface area contributed by atoms with Gasteiger partial charge in [0, 0.05) is 47.6 Å². The Morgan fingerprint density at radius 2 is 1.95 bits per heavy atom. The first-order chi connectivity index (χ1) is 19.9. The summed E-state index contributed by atoms with van der Waals surface area (Å²) < 4.78 is 10.7. The normalized spacial score (nSPS) is 26.0. The molecule has 2 bridgehead atoms. The molecule has 42 heavy (non-hydrogen) atoms. The number of benzene rings is 1. The van der Waals surface area contributed by atoms with Crippen molar-refractivity contribution < 1.29 is 38.7 Å². The number of alkyl halides is 1. The molecule has 1 aromatic carbocycles. The number of amides is 1. The molecule has 1 amide bonds. The minimum absolute atomic E-state index is 0.0965. The zero-order valence-electron chi connectivity index (χ0n) is 22.4. The van der Waals surface area contributed by atoms with Crippen LogP contribution in [0.15, 0.2) is 34.9 Å². The molecule has 1 saturated heterocycles. The van der Waals surface area contributed by atoms with Gasteiger partial charge in [0.15, 0.2) is 10.4 Å². The maximum Gasteiger partial charge on any atom is 0.353 e. The lowest BCUT2D eigenvalue weighted by molar-refractivity contribution is -0.384. The molecule has 0 radical (unpaired) electrons. The third-order valence-electron chi connectivity index (χ3n) is 8.32. The Morgan fingerprint density at radius 3 is 2.57 bits per heavy atom. The van der Waals surface area contributed by atoms with Crippen LogP contribution in [0.1, 0.15) is 66.6 Å². The van der Waals surface area contributed by atoms with Crippen LogP contribution in [0.5, 0.6) is 0 Å². The zero-order valence-corrected chi connectivity index (χ0v) is 24.8. The van der Waals surface area contributed by atoms with Crippen molar-refractivity contribution in [2.24, 2.45) is 0 Å². The fraction of sp³-hybridized carbons (Fsp3) is 0.444. The summed E-state index contributed by atoms with van der Waals surface area (Å²) in [4.78, 5) is 63.0. The number of esters is 2. The van der Waals surface area contributed by atoms with E-state index in [1.807, 2.05) is 0 Å². The number of ether oxygens (including phenoxy) is 2. The lowest BCUT2D eigenvalue weighted by Gasteiger charge is -2.51. The largest absolute Gasteiger partial charge is 0.477 e. The van der Waals surface area contributed by atoms with Crippen molar-refractivity contribution in [1.82, 2.24) is 14.7 Å². The summed E-state index contributed by atoms with van der Waals surface area (Å²) >= 11 is 4.75. The van der Waals surface area contributed by atoms with Crippen LogP contribution in [0.4, 0.5) is 5.69 Å². The van der Waals surface area contributed by atoms with E-state index in [0.29, 0.717) is 16.2 Å². The third-order valence-corrected chi connectivity index (χ3v) is 11.2. The number of hydrogen-bond acceptors (Lipinski definition) is 10. The number of carboxylic acids is 1. The van der Waals surface area contributed by atoms with Gasteiger partial charge in [-0.1, -0.05) is 28.1 Å². The van der Waals surface area contributed by atoms with Crippen molar-refractivity contribution in [2.45, 2.75) is 66.8 Å². The summed E-state index contributed by atoms with van der Waals surface area (Å²) in [7, 11) is 1.29. The molecule has 6 rings (SSSR count). The molecular formula is C27H25BrN4O9S. The van der Waals surface area contributed by atoms with Crippen LogP contribution < -0.4 is 0 Å². The summed E-state index contributed by atoms with van der Waals surface area (Å²) in [5.74, 6) is -2.71. The average molecular weight is 661 g/mol. The van der Waals surface area contributed by atoms with Crippen LogP contribution >= 0.6 is 27.7 Å². The minimum atomic E-state index is -1.54. The number of allylic oxidation sites excluding steroid dienone is 1. The summed E-state index contributed by atoms with van der Waals surface area (Å²) in [5, 5.41) is 25.1. The lowest BCUT2D eigenvalue weighted by Crippen LogP contribution is -2.70. The van der Waals surface area contributed by atoms with Crippen molar-refractivity contribution in [1.29, 1.82) is 0 Å². The highest BCUT2D eigenvalue weighted by molar-refractivity contribution is 9.10. The molecule has 15 heteroatoms. The monoisotopic (exact) mass is 660 g/mol. The van der Waals surface area contributed by atoms with E-state index in [4.69, 9.17) is 14.6 Å². The summed E-state index contributed by atoms with van der Waals surface area (Å²) in [6, 6.07) is 5.75. The number of halogens is 1. The average Bonchev–Trinajstić information content (AvgIpc) is 3.72. The number of β-lactam (4-membered cyclic amide) rings is 1. The summed E-state index contributed by atoms with van der Waals surface area (Å²) in [5.41, 5.74) is 2.47. The maximum absolute atomic E-state index is 13.9. The van der Waals surface area contributed by atoms with Gasteiger partial charge < -0.3 is 14.6 Å². The zero-order chi connectivity index (χ0) is 30.1. The molecule has 1 saturated carbocycles. The van der Waals surface area contributed by atoms with E-state index in [9.17, 15) is 34.4 Å². The number of non-ortho nitro benzene ring substituents is 1. The van der Waals surface area contributed by atoms with E-state index in [0.717, 1.165) is 42.3 Å². The minimum Gasteiger partial charge on any atom is -0.477 e. The van der Waals surface area contributed by atoms with Crippen LogP contribution in [0.2, 0.25) is 0 Å². The van der Waals surface area contributed by atoms with E-state index < -0.39 is 44.5 Å². The van der Waals surface area contributed by atoms with Crippen molar-refractivity contribution in [2.75, 3.05) is 7.11 Å². The quantitative estimate of drug-likeness (QED) is 0.137. The number of nitrogens with zero attached hydrogens (tertiary/aromatic N) is 4. The van der Waals surface area contributed by atoms with Gasteiger partial charge in [-0.3, -0.25) is 34.1 Å². The first kappa shape index (κ1) is 28.4. The topological polar surface area (TPSA) is 171 Å². The van der Waals surface area contributed by atoms with Crippen LogP contribution in [-0.2, 0) is 41.6 Å². The van der Waals surface area contributed by atoms with Gasteiger partial charge in [0.25, 0.3) is 11.6 Å². The highest BCUT2D eigenvalue weighted by Crippen LogP contribution is 2.63. The molecule has 2 aliphatic carbocycles. The fourth-order valence-electron chi connectivity index (χ4n) is 6.57. The number of rotatable bonds is 9. The number of nitro groups is 1. The molecular weight excluding hydrogens is 636 g/mol. The van der Waals surface area contributed by atoms with Gasteiger partial charge in [-0.25, -0.2) is 4.79 Å². The molecule has 3 heterocycles. The molecule has 5 atom stereocenters. The van der Waals surface area contributed by atoms with Gasteiger partial charge in [-0.15, -0.1) is 11.8 Å². The Hall–Kier alpha value is -3.72. The van der Waals surface area contributed by atoms with E-state index in [2.05, 4.69) is 15.9 Å². The van der Waals surface area contributed by atoms with Crippen molar-refractivity contribution in [3.8, 4) is 0 Å².